The Hall–Kier alpha value is -4.13. The summed E-state index contributed by atoms with van der Waals surface area (Å²) in [6, 6.07) is 14.4. The van der Waals surface area contributed by atoms with Gasteiger partial charge in [0.1, 0.15) is 22.2 Å². The SMILES string of the molecule is CNC(=O)c1c(-c2ccc(F)cc2)oc2cc(N(C)S(C)(=O)=O)c(-c3cccc(-c4nc5c(s4)COCC5)n3)cc12. The van der Waals surface area contributed by atoms with Crippen LogP contribution in [0.4, 0.5) is 10.1 Å². The molecule has 41 heavy (non-hydrogen) atoms. The zero-order valence-electron chi connectivity index (χ0n) is 22.4. The number of nitrogens with zero attached hydrogens (tertiary/aromatic N) is 3. The Balaban J connectivity index is 1.58. The molecule has 1 N–H and O–H groups in total. The largest absolute Gasteiger partial charge is 0.455 e. The number of benzene rings is 2. The first-order chi connectivity index (χ1) is 19.6. The van der Waals surface area contributed by atoms with Crippen molar-refractivity contribution >= 4 is 43.9 Å². The topological polar surface area (TPSA) is 115 Å². The van der Waals surface area contributed by atoms with Gasteiger partial charge in [-0.15, -0.1) is 11.3 Å². The molecule has 3 aromatic heterocycles. The Kier molecular flexibility index (Phi) is 6.84. The molecular formula is C29H25FN4O5S2. The van der Waals surface area contributed by atoms with Crippen LogP contribution in [0.15, 0.2) is 59.0 Å². The molecule has 6 rings (SSSR count). The molecule has 1 amide bonds. The van der Waals surface area contributed by atoms with Crippen LogP contribution >= 0.6 is 11.3 Å². The summed E-state index contributed by atoms with van der Waals surface area (Å²) in [7, 11) is -0.729. The van der Waals surface area contributed by atoms with Crippen molar-refractivity contribution in [3.05, 3.63) is 76.5 Å². The number of hydrogen-bond acceptors (Lipinski definition) is 8. The zero-order valence-corrected chi connectivity index (χ0v) is 24.0. The number of amides is 1. The van der Waals surface area contributed by atoms with Gasteiger partial charge in [-0.2, -0.15) is 0 Å². The molecule has 0 radical (unpaired) electrons. The van der Waals surface area contributed by atoms with Crippen LogP contribution < -0.4 is 9.62 Å². The third-order valence-corrected chi connectivity index (χ3v) is 9.23. The fourth-order valence-electron chi connectivity index (χ4n) is 4.77. The van der Waals surface area contributed by atoms with E-state index in [9.17, 15) is 17.6 Å². The van der Waals surface area contributed by atoms with E-state index in [-0.39, 0.29) is 11.3 Å². The molecule has 210 valence electrons. The second-order valence-electron chi connectivity index (χ2n) is 9.59. The molecule has 12 heteroatoms. The van der Waals surface area contributed by atoms with Gasteiger partial charge in [-0.1, -0.05) is 6.07 Å². The highest BCUT2D eigenvalue weighted by Crippen LogP contribution is 2.41. The van der Waals surface area contributed by atoms with Gasteiger partial charge in [0.05, 0.1) is 52.7 Å². The lowest BCUT2D eigenvalue weighted by Gasteiger charge is -2.20. The molecule has 5 aromatic rings. The number of thiazole rings is 1. The maximum absolute atomic E-state index is 13.7. The molecular weight excluding hydrogens is 567 g/mol. The number of carbonyl (C=O) groups is 1. The van der Waals surface area contributed by atoms with Crippen LogP contribution in [-0.2, 0) is 27.8 Å². The van der Waals surface area contributed by atoms with Gasteiger partial charge in [0.2, 0.25) is 10.0 Å². The standard InChI is InChI=1S/C29H25FN4O5S2/c1-31-28(35)26-19-13-18(20-5-4-6-22(32-20)29-33-21-11-12-38-15-25(21)40-29)23(34(2)41(3,36)37)14-24(19)39-27(26)16-7-9-17(30)10-8-16/h4-10,13-14H,11-12,15H2,1-3H3,(H,31,35). The molecule has 0 fully saturated rings. The van der Waals surface area contributed by atoms with E-state index in [1.165, 1.54) is 49.7 Å². The van der Waals surface area contributed by atoms with Crippen molar-refractivity contribution in [1.82, 2.24) is 15.3 Å². The summed E-state index contributed by atoms with van der Waals surface area (Å²) in [5.74, 6) is -0.595. The Morgan fingerprint density at radius 1 is 1.10 bits per heavy atom. The number of rotatable bonds is 6. The molecule has 1 aliphatic heterocycles. The van der Waals surface area contributed by atoms with Crippen LogP contribution in [0.1, 0.15) is 20.9 Å². The maximum atomic E-state index is 13.7. The summed E-state index contributed by atoms with van der Waals surface area (Å²) < 4.78 is 51.9. The predicted octanol–water partition coefficient (Wildman–Crippen LogP) is 5.25. The van der Waals surface area contributed by atoms with Crippen LogP contribution in [0.5, 0.6) is 0 Å². The molecule has 0 saturated heterocycles. The lowest BCUT2D eigenvalue weighted by molar-refractivity contribution is 0.0964. The van der Waals surface area contributed by atoms with Gasteiger partial charge in [0.25, 0.3) is 5.91 Å². The number of carbonyl (C=O) groups excluding carboxylic acids is 1. The number of pyridine rings is 1. The van der Waals surface area contributed by atoms with E-state index in [2.05, 4.69) is 5.32 Å². The van der Waals surface area contributed by atoms with E-state index >= 15 is 0 Å². The fraction of sp³-hybridized carbons (Fsp3) is 0.207. The van der Waals surface area contributed by atoms with E-state index in [0.29, 0.717) is 52.4 Å². The normalized spacial score (nSPS) is 13.3. The molecule has 0 spiro atoms. The zero-order chi connectivity index (χ0) is 28.9. The summed E-state index contributed by atoms with van der Waals surface area (Å²) in [5, 5.41) is 3.85. The number of aromatic nitrogens is 2. The van der Waals surface area contributed by atoms with Crippen LogP contribution in [0.25, 0.3) is 44.3 Å². The van der Waals surface area contributed by atoms with E-state index in [0.717, 1.165) is 32.6 Å². The predicted molar refractivity (Wildman–Crippen MR) is 156 cm³/mol. The Labute approximate surface area is 239 Å². The number of ether oxygens (including phenoxy) is 1. The molecule has 0 saturated carbocycles. The lowest BCUT2D eigenvalue weighted by atomic mass is 10.0. The summed E-state index contributed by atoms with van der Waals surface area (Å²) in [5.41, 5.74) is 3.97. The number of sulfonamides is 1. The Bertz CT molecular complexity index is 1890. The number of fused-ring (bicyclic) bond motifs is 2. The third-order valence-electron chi connectivity index (χ3n) is 6.94. The fourth-order valence-corrected chi connectivity index (χ4v) is 6.29. The molecule has 1 aliphatic rings. The van der Waals surface area contributed by atoms with E-state index in [4.69, 9.17) is 19.1 Å². The second kappa shape index (κ2) is 10.4. The van der Waals surface area contributed by atoms with Crippen LogP contribution in [0.3, 0.4) is 0 Å². The van der Waals surface area contributed by atoms with Gasteiger partial charge >= 0.3 is 0 Å². The molecule has 2 aromatic carbocycles. The Morgan fingerprint density at radius 3 is 2.56 bits per heavy atom. The summed E-state index contributed by atoms with van der Waals surface area (Å²) >= 11 is 1.52. The van der Waals surface area contributed by atoms with Gasteiger partial charge in [-0.25, -0.2) is 22.8 Å². The molecule has 0 unspecified atom stereocenters. The number of nitrogens with one attached hydrogen (secondary N) is 1. The molecule has 0 atom stereocenters. The average molecular weight is 593 g/mol. The van der Waals surface area contributed by atoms with Crippen molar-refractivity contribution in [2.24, 2.45) is 0 Å². The van der Waals surface area contributed by atoms with Gasteiger partial charge in [-0.3, -0.25) is 9.10 Å². The molecule has 4 heterocycles. The van der Waals surface area contributed by atoms with E-state index < -0.39 is 21.7 Å². The third kappa shape index (κ3) is 4.98. The molecule has 0 aliphatic carbocycles. The first-order valence-electron chi connectivity index (χ1n) is 12.7. The van der Waals surface area contributed by atoms with Gasteiger partial charge < -0.3 is 14.5 Å². The highest BCUT2D eigenvalue weighted by molar-refractivity contribution is 7.92. The molecule has 0 bridgehead atoms. The summed E-state index contributed by atoms with van der Waals surface area (Å²) in [6.07, 6.45) is 1.85. The van der Waals surface area contributed by atoms with Crippen LogP contribution in [-0.4, -0.2) is 51.3 Å². The minimum absolute atomic E-state index is 0.238. The number of halogens is 1. The van der Waals surface area contributed by atoms with Crippen molar-refractivity contribution in [3.63, 3.8) is 0 Å². The number of hydrogen-bond donors (Lipinski definition) is 1. The van der Waals surface area contributed by atoms with Crippen molar-refractivity contribution < 1.29 is 26.8 Å². The van der Waals surface area contributed by atoms with E-state index in [1.54, 1.807) is 18.2 Å². The van der Waals surface area contributed by atoms with Gasteiger partial charge in [-0.05, 0) is 42.5 Å². The number of furan rings is 1. The highest BCUT2D eigenvalue weighted by Gasteiger charge is 2.26. The first-order valence-corrected chi connectivity index (χ1v) is 15.4. The van der Waals surface area contributed by atoms with Crippen molar-refractivity contribution in [3.8, 4) is 33.3 Å². The van der Waals surface area contributed by atoms with Crippen molar-refractivity contribution in [2.75, 3.05) is 31.3 Å². The lowest BCUT2D eigenvalue weighted by Crippen LogP contribution is -2.25. The van der Waals surface area contributed by atoms with E-state index in [1.807, 2.05) is 12.1 Å². The van der Waals surface area contributed by atoms with Gasteiger partial charge in [0.15, 0.2) is 0 Å². The van der Waals surface area contributed by atoms with Crippen molar-refractivity contribution in [1.29, 1.82) is 0 Å². The highest BCUT2D eigenvalue weighted by atomic mass is 32.2. The molecule has 9 nitrogen and oxygen atoms in total. The summed E-state index contributed by atoms with van der Waals surface area (Å²) in [6.45, 7) is 1.15. The minimum Gasteiger partial charge on any atom is -0.455 e. The average Bonchev–Trinajstić information content (AvgIpc) is 3.57. The smallest absolute Gasteiger partial charge is 0.255 e. The second-order valence-corrected chi connectivity index (χ2v) is 12.7. The monoisotopic (exact) mass is 592 g/mol. The number of anilines is 1. The summed E-state index contributed by atoms with van der Waals surface area (Å²) in [4.78, 5) is 23.8. The van der Waals surface area contributed by atoms with Crippen molar-refractivity contribution in [2.45, 2.75) is 13.0 Å². The Morgan fingerprint density at radius 2 is 1.85 bits per heavy atom. The quantitative estimate of drug-likeness (QED) is 0.286. The minimum atomic E-state index is -3.68. The van der Waals surface area contributed by atoms with Gasteiger partial charge in [0, 0.05) is 43.1 Å². The van der Waals surface area contributed by atoms with Crippen LogP contribution in [0.2, 0.25) is 0 Å². The maximum Gasteiger partial charge on any atom is 0.255 e. The first kappa shape index (κ1) is 27.1. The van der Waals surface area contributed by atoms with Crippen LogP contribution in [0, 0.1) is 5.82 Å².